The average molecular weight is 234 g/mol. The molecule has 1 unspecified atom stereocenters. The van der Waals surface area contributed by atoms with Crippen molar-refractivity contribution in [1.82, 2.24) is 0 Å². The van der Waals surface area contributed by atoms with Crippen LogP contribution in [0, 0.1) is 5.92 Å². The van der Waals surface area contributed by atoms with Gasteiger partial charge in [0.05, 0.1) is 0 Å². The molecule has 0 aromatic carbocycles. The predicted molar refractivity (Wildman–Crippen MR) is 72.0 cm³/mol. The lowest BCUT2D eigenvalue weighted by atomic mass is 9.75. The Morgan fingerprint density at radius 3 is 2.76 bits per heavy atom. The van der Waals surface area contributed by atoms with Crippen molar-refractivity contribution < 1.29 is 4.79 Å². The normalized spacial score (nSPS) is 25.0. The first kappa shape index (κ1) is 12.9. The van der Waals surface area contributed by atoms with Crippen LogP contribution in [-0.2, 0) is 4.79 Å². The molecule has 0 spiro atoms. The molecular formula is C16H26O. The fourth-order valence-electron chi connectivity index (χ4n) is 3.37. The van der Waals surface area contributed by atoms with Gasteiger partial charge in [0.2, 0.25) is 0 Å². The van der Waals surface area contributed by atoms with E-state index in [4.69, 9.17) is 0 Å². The van der Waals surface area contributed by atoms with Gasteiger partial charge in [-0.05, 0) is 31.6 Å². The Bertz CT molecular complexity index is 301. The number of Topliss-reactive ketones (excluding diaryl/α,β-unsaturated/α-hetero) is 1. The highest BCUT2D eigenvalue weighted by molar-refractivity contribution is 5.82. The van der Waals surface area contributed by atoms with Gasteiger partial charge >= 0.3 is 0 Å². The van der Waals surface area contributed by atoms with Crippen LogP contribution in [0.15, 0.2) is 11.1 Å². The zero-order chi connectivity index (χ0) is 12.1. The van der Waals surface area contributed by atoms with Crippen LogP contribution in [0.3, 0.4) is 0 Å². The van der Waals surface area contributed by atoms with Crippen molar-refractivity contribution in [3.8, 4) is 0 Å². The van der Waals surface area contributed by atoms with E-state index in [1.54, 1.807) is 5.57 Å². The zero-order valence-electron chi connectivity index (χ0n) is 11.3. The molecule has 96 valence electrons. The lowest BCUT2D eigenvalue weighted by Crippen LogP contribution is -2.17. The maximum Gasteiger partial charge on any atom is 0.137 e. The van der Waals surface area contributed by atoms with Gasteiger partial charge < -0.3 is 0 Å². The largest absolute Gasteiger partial charge is 0.299 e. The maximum atomic E-state index is 11.4. The van der Waals surface area contributed by atoms with Gasteiger partial charge in [-0.1, -0.05) is 50.2 Å². The Morgan fingerprint density at radius 1 is 1.06 bits per heavy atom. The summed E-state index contributed by atoms with van der Waals surface area (Å²) in [6.45, 7) is 2.27. The third kappa shape index (κ3) is 3.69. The van der Waals surface area contributed by atoms with Gasteiger partial charge in [0.1, 0.15) is 5.78 Å². The van der Waals surface area contributed by atoms with Crippen molar-refractivity contribution in [2.24, 2.45) is 5.92 Å². The molecule has 0 N–H and O–H groups in total. The molecule has 17 heavy (non-hydrogen) atoms. The Hall–Kier alpha value is -0.590. The van der Waals surface area contributed by atoms with Crippen LogP contribution in [0.4, 0.5) is 0 Å². The number of carbonyl (C=O) groups excluding carboxylic acids is 1. The molecule has 2 rings (SSSR count). The minimum atomic E-state index is 0.477. The molecule has 0 aromatic rings. The van der Waals surface area contributed by atoms with Crippen LogP contribution in [0.25, 0.3) is 0 Å². The molecular weight excluding hydrogens is 208 g/mol. The van der Waals surface area contributed by atoms with Crippen molar-refractivity contribution in [1.29, 1.82) is 0 Å². The lowest BCUT2D eigenvalue weighted by molar-refractivity contribution is -0.118. The second kappa shape index (κ2) is 6.37. The van der Waals surface area contributed by atoms with Gasteiger partial charge in [-0.3, -0.25) is 4.79 Å². The third-order valence-corrected chi connectivity index (χ3v) is 4.47. The third-order valence-electron chi connectivity index (χ3n) is 4.47. The number of hydrogen-bond acceptors (Lipinski definition) is 1. The van der Waals surface area contributed by atoms with Crippen LogP contribution in [0.2, 0.25) is 0 Å². The molecule has 0 heterocycles. The summed E-state index contributed by atoms with van der Waals surface area (Å²) in [5.41, 5.74) is 3.18. The molecule has 1 heteroatoms. The summed E-state index contributed by atoms with van der Waals surface area (Å²) in [7, 11) is 0. The SMILES string of the molecule is CCCCCCC1CCC2=C(CCC(=O)C2)C1. The molecule has 0 saturated carbocycles. The van der Waals surface area contributed by atoms with E-state index in [0.717, 1.165) is 25.2 Å². The highest BCUT2D eigenvalue weighted by Crippen LogP contribution is 2.38. The smallest absolute Gasteiger partial charge is 0.137 e. The predicted octanol–water partition coefficient (Wildman–Crippen LogP) is 4.81. The van der Waals surface area contributed by atoms with Crippen molar-refractivity contribution in [2.45, 2.75) is 77.6 Å². The fraction of sp³-hybridized carbons (Fsp3) is 0.812. The molecule has 0 aromatic heterocycles. The van der Waals surface area contributed by atoms with E-state index in [1.165, 1.54) is 56.9 Å². The highest BCUT2D eigenvalue weighted by atomic mass is 16.1. The number of ketones is 1. The molecule has 0 radical (unpaired) electrons. The van der Waals surface area contributed by atoms with E-state index < -0.39 is 0 Å². The second-order valence-electron chi connectivity index (χ2n) is 5.88. The fourth-order valence-corrected chi connectivity index (χ4v) is 3.37. The first-order chi connectivity index (χ1) is 8.29. The molecule has 0 aliphatic heterocycles. The highest BCUT2D eigenvalue weighted by Gasteiger charge is 2.25. The molecule has 0 amide bonds. The topological polar surface area (TPSA) is 17.1 Å². The van der Waals surface area contributed by atoms with E-state index in [1.807, 2.05) is 0 Å². The van der Waals surface area contributed by atoms with Crippen molar-refractivity contribution in [3.63, 3.8) is 0 Å². The summed E-state index contributed by atoms with van der Waals surface area (Å²) in [6, 6.07) is 0. The summed E-state index contributed by atoms with van der Waals surface area (Å²) in [4.78, 5) is 11.4. The standard InChI is InChI=1S/C16H26O/c1-2-3-4-5-6-13-7-8-15-12-16(17)10-9-14(15)11-13/h13H,2-12H2,1H3. The van der Waals surface area contributed by atoms with Gasteiger partial charge in [-0.15, -0.1) is 0 Å². The molecule has 1 atom stereocenters. The van der Waals surface area contributed by atoms with Crippen molar-refractivity contribution in [2.75, 3.05) is 0 Å². The van der Waals surface area contributed by atoms with Crippen LogP contribution in [0.5, 0.6) is 0 Å². The van der Waals surface area contributed by atoms with Gasteiger partial charge in [-0.2, -0.15) is 0 Å². The van der Waals surface area contributed by atoms with E-state index in [2.05, 4.69) is 6.92 Å². The minimum absolute atomic E-state index is 0.477. The van der Waals surface area contributed by atoms with Gasteiger partial charge in [0, 0.05) is 12.8 Å². The van der Waals surface area contributed by atoms with E-state index in [9.17, 15) is 4.79 Å². The molecule has 2 aliphatic carbocycles. The zero-order valence-corrected chi connectivity index (χ0v) is 11.3. The summed E-state index contributed by atoms with van der Waals surface area (Å²) in [6.07, 6.45) is 13.6. The molecule has 2 aliphatic rings. The van der Waals surface area contributed by atoms with Crippen LogP contribution >= 0.6 is 0 Å². The van der Waals surface area contributed by atoms with Crippen LogP contribution < -0.4 is 0 Å². The molecule has 0 saturated heterocycles. The minimum Gasteiger partial charge on any atom is -0.299 e. The van der Waals surface area contributed by atoms with Crippen LogP contribution in [-0.4, -0.2) is 5.78 Å². The Morgan fingerprint density at radius 2 is 1.94 bits per heavy atom. The summed E-state index contributed by atoms with van der Waals surface area (Å²) in [5.74, 6) is 1.41. The number of allylic oxidation sites excluding steroid dienone is 2. The van der Waals surface area contributed by atoms with E-state index >= 15 is 0 Å². The quantitative estimate of drug-likeness (QED) is 0.493. The maximum absolute atomic E-state index is 11.4. The molecule has 0 fully saturated rings. The summed E-state index contributed by atoms with van der Waals surface area (Å²) >= 11 is 0. The van der Waals surface area contributed by atoms with Gasteiger partial charge in [0.15, 0.2) is 0 Å². The van der Waals surface area contributed by atoms with E-state index in [0.29, 0.717) is 5.78 Å². The van der Waals surface area contributed by atoms with Crippen molar-refractivity contribution >= 4 is 5.78 Å². The first-order valence-corrected chi connectivity index (χ1v) is 7.51. The molecule has 1 nitrogen and oxygen atoms in total. The Labute approximate surface area is 106 Å². The monoisotopic (exact) mass is 234 g/mol. The number of hydrogen-bond donors (Lipinski definition) is 0. The van der Waals surface area contributed by atoms with E-state index in [-0.39, 0.29) is 0 Å². The van der Waals surface area contributed by atoms with Crippen LogP contribution in [0.1, 0.15) is 77.6 Å². The lowest BCUT2D eigenvalue weighted by Gasteiger charge is -2.30. The Balaban J connectivity index is 1.77. The molecule has 0 bridgehead atoms. The van der Waals surface area contributed by atoms with Crippen molar-refractivity contribution in [3.05, 3.63) is 11.1 Å². The number of rotatable bonds is 5. The van der Waals surface area contributed by atoms with Gasteiger partial charge in [0.25, 0.3) is 0 Å². The van der Waals surface area contributed by atoms with Gasteiger partial charge in [-0.25, -0.2) is 0 Å². The average Bonchev–Trinajstić information content (AvgIpc) is 2.35. The summed E-state index contributed by atoms with van der Waals surface area (Å²) in [5, 5.41) is 0. The summed E-state index contributed by atoms with van der Waals surface area (Å²) < 4.78 is 0. The Kier molecular flexibility index (Phi) is 4.82. The first-order valence-electron chi connectivity index (χ1n) is 7.51. The number of carbonyl (C=O) groups is 1. The second-order valence-corrected chi connectivity index (χ2v) is 5.88. The number of unbranched alkanes of at least 4 members (excludes halogenated alkanes) is 3.